The van der Waals surface area contributed by atoms with Crippen LogP contribution in [0.3, 0.4) is 0 Å². The van der Waals surface area contributed by atoms with Crippen LogP contribution in [0.1, 0.15) is 28.1 Å². The van der Waals surface area contributed by atoms with Gasteiger partial charge in [0, 0.05) is 16.9 Å². The van der Waals surface area contributed by atoms with Crippen molar-refractivity contribution in [3.63, 3.8) is 0 Å². The molecular formula is C22H23N3O3. The standard InChI is InChI=1S/C22H23N3O3/c1-5-6-18-14(3)23-22(19-11-13(2)15(4)28-19)25-21(18)24-17-9-7-16(8-10-17)12-20(26)27/h5,7-11H,1,6,12H2,2-4H3,(H,26,27)(H,23,24,25). The molecule has 0 aliphatic carbocycles. The molecule has 6 heteroatoms. The Balaban J connectivity index is 1.97. The molecule has 0 unspecified atom stereocenters. The number of carboxylic acids is 1. The predicted octanol–water partition coefficient (Wildman–Crippen LogP) is 4.76. The van der Waals surface area contributed by atoms with Crippen LogP contribution in [0.25, 0.3) is 11.6 Å². The predicted molar refractivity (Wildman–Crippen MR) is 109 cm³/mol. The molecule has 0 saturated carbocycles. The molecule has 1 aromatic carbocycles. The van der Waals surface area contributed by atoms with Gasteiger partial charge in [0.05, 0.1) is 6.42 Å². The van der Waals surface area contributed by atoms with Crippen LogP contribution in [0.15, 0.2) is 47.4 Å². The van der Waals surface area contributed by atoms with E-state index in [1.807, 2.05) is 45.0 Å². The van der Waals surface area contributed by atoms with E-state index >= 15 is 0 Å². The molecular weight excluding hydrogens is 354 g/mol. The molecule has 28 heavy (non-hydrogen) atoms. The maximum absolute atomic E-state index is 10.8. The summed E-state index contributed by atoms with van der Waals surface area (Å²) < 4.78 is 5.78. The summed E-state index contributed by atoms with van der Waals surface area (Å²) >= 11 is 0. The van der Waals surface area contributed by atoms with E-state index in [1.54, 1.807) is 12.1 Å². The Kier molecular flexibility index (Phi) is 5.59. The van der Waals surface area contributed by atoms with Crippen molar-refractivity contribution in [3.8, 4) is 11.6 Å². The van der Waals surface area contributed by atoms with Gasteiger partial charge >= 0.3 is 5.97 Å². The number of nitrogens with zero attached hydrogens (tertiary/aromatic N) is 2. The Morgan fingerprint density at radius 2 is 1.93 bits per heavy atom. The maximum atomic E-state index is 10.8. The number of aliphatic carboxylic acids is 1. The van der Waals surface area contributed by atoms with E-state index < -0.39 is 5.97 Å². The highest BCUT2D eigenvalue weighted by atomic mass is 16.4. The van der Waals surface area contributed by atoms with Gasteiger partial charge in [0.2, 0.25) is 0 Å². The van der Waals surface area contributed by atoms with E-state index in [4.69, 9.17) is 9.52 Å². The normalized spacial score (nSPS) is 10.7. The van der Waals surface area contributed by atoms with Gasteiger partial charge in [-0.15, -0.1) is 6.58 Å². The van der Waals surface area contributed by atoms with E-state index in [1.165, 1.54) is 0 Å². The number of rotatable bonds is 7. The summed E-state index contributed by atoms with van der Waals surface area (Å²) in [4.78, 5) is 20.1. The molecule has 0 aliphatic heterocycles. The Morgan fingerprint density at radius 1 is 1.21 bits per heavy atom. The first-order valence-corrected chi connectivity index (χ1v) is 9.01. The molecule has 2 aromatic heterocycles. The van der Waals surface area contributed by atoms with Gasteiger partial charge in [-0.05, 0) is 56.5 Å². The topological polar surface area (TPSA) is 88.3 Å². The molecule has 0 spiro atoms. The first-order valence-electron chi connectivity index (χ1n) is 9.01. The molecule has 0 amide bonds. The molecule has 0 aliphatic rings. The van der Waals surface area contributed by atoms with Crippen molar-refractivity contribution in [1.82, 2.24) is 9.97 Å². The number of aryl methyl sites for hydroxylation is 3. The largest absolute Gasteiger partial charge is 0.481 e. The minimum Gasteiger partial charge on any atom is -0.481 e. The monoisotopic (exact) mass is 377 g/mol. The van der Waals surface area contributed by atoms with E-state index in [0.717, 1.165) is 33.8 Å². The summed E-state index contributed by atoms with van der Waals surface area (Å²) in [6.07, 6.45) is 2.44. The second kappa shape index (κ2) is 8.08. The number of carbonyl (C=O) groups is 1. The maximum Gasteiger partial charge on any atom is 0.307 e. The van der Waals surface area contributed by atoms with Gasteiger partial charge in [0.25, 0.3) is 0 Å². The lowest BCUT2D eigenvalue weighted by atomic mass is 10.1. The molecule has 0 radical (unpaired) electrons. The second-order valence-electron chi connectivity index (χ2n) is 6.69. The van der Waals surface area contributed by atoms with Crippen molar-refractivity contribution < 1.29 is 14.3 Å². The number of benzene rings is 1. The lowest BCUT2D eigenvalue weighted by molar-refractivity contribution is -0.136. The highest BCUT2D eigenvalue weighted by Crippen LogP contribution is 2.28. The Morgan fingerprint density at radius 3 is 2.50 bits per heavy atom. The Bertz CT molecular complexity index is 1000. The summed E-state index contributed by atoms with van der Waals surface area (Å²) in [5.74, 6) is 1.82. The number of furan rings is 1. The molecule has 2 heterocycles. The van der Waals surface area contributed by atoms with Crippen molar-refractivity contribution in [2.24, 2.45) is 0 Å². The third-order valence-electron chi connectivity index (χ3n) is 4.52. The third kappa shape index (κ3) is 4.28. The molecule has 0 atom stereocenters. The summed E-state index contributed by atoms with van der Waals surface area (Å²) in [5, 5.41) is 12.2. The van der Waals surface area contributed by atoms with Crippen molar-refractivity contribution in [2.45, 2.75) is 33.6 Å². The van der Waals surface area contributed by atoms with Crippen LogP contribution in [0, 0.1) is 20.8 Å². The molecule has 3 rings (SSSR count). The molecule has 0 bridgehead atoms. The second-order valence-corrected chi connectivity index (χ2v) is 6.69. The van der Waals surface area contributed by atoms with E-state index in [-0.39, 0.29) is 6.42 Å². The molecule has 144 valence electrons. The number of anilines is 2. The zero-order chi connectivity index (χ0) is 20.3. The van der Waals surface area contributed by atoms with Gasteiger partial charge in [-0.2, -0.15) is 0 Å². The molecule has 0 fully saturated rings. The zero-order valence-corrected chi connectivity index (χ0v) is 16.2. The first kappa shape index (κ1) is 19.4. The van der Waals surface area contributed by atoms with Crippen molar-refractivity contribution in [1.29, 1.82) is 0 Å². The van der Waals surface area contributed by atoms with Crippen LogP contribution < -0.4 is 5.32 Å². The molecule has 3 aromatic rings. The lowest BCUT2D eigenvalue weighted by Crippen LogP contribution is -2.05. The summed E-state index contributed by atoms with van der Waals surface area (Å²) in [6.45, 7) is 9.66. The minimum atomic E-state index is -0.853. The molecule has 2 N–H and O–H groups in total. The van der Waals surface area contributed by atoms with Gasteiger partial charge in [0.15, 0.2) is 11.6 Å². The van der Waals surface area contributed by atoms with Crippen molar-refractivity contribution in [3.05, 3.63) is 71.1 Å². The highest BCUT2D eigenvalue weighted by molar-refractivity contribution is 5.71. The average Bonchev–Trinajstić information content (AvgIpc) is 2.98. The van der Waals surface area contributed by atoms with Crippen LogP contribution in [-0.2, 0) is 17.6 Å². The lowest BCUT2D eigenvalue weighted by Gasteiger charge is -2.14. The summed E-state index contributed by atoms with van der Waals surface area (Å²) in [6, 6.07) is 9.19. The quantitative estimate of drug-likeness (QED) is 0.577. The number of nitrogens with one attached hydrogen (secondary N) is 1. The van der Waals surface area contributed by atoms with Crippen LogP contribution in [0.5, 0.6) is 0 Å². The fourth-order valence-electron chi connectivity index (χ4n) is 2.90. The fraction of sp³-hybridized carbons (Fsp3) is 0.227. The number of hydrogen-bond acceptors (Lipinski definition) is 5. The molecule has 0 saturated heterocycles. The van der Waals surface area contributed by atoms with Crippen molar-refractivity contribution >= 4 is 17.5 Å². The number of allylic oxidation sites excluding steroid dienone is 1. The van der Waals surface area contributed by atoms with Gasteiger partial charge in [-0.25, -0.2) is 9.97 Å². The number of hydrogen-bond donors (Lipinski definition) is 2. The Labute approximate surface area is 164 Å². The third-order valence-corrected chi connectivity index (χ3v) is 4.52. The van der Waals surface area contributed by atoms with E-state index in [9.17, 15) is 4.79 Å². The smallest absolute Gasteiger partial charge is 0.307 e. The fourth-order valence-corrected chi connectivity index (χ4v) is 2.90. The highest BCUT2D eigenvalue weighted by Gasteiger charge is 2.15. The molecule has 6 nitrogen and oxygen atoms in total. The van der Waals surface area contributed by atoms with Crippen LogP contribution in [0.4, 0.5) is 11.5 Å². The number of carboxylic acid groups (broad SMARTS) is 1. The summed E-state index contributed by atoms with van der Waals surface area (Å²) in [5.41, 5.74) is 4.41. The van der Waals surface area contributed by atoms with Crippen molar-refractivity contribution in [2.75, 3.05) is 5.32 Å². The van der Waals surface area contributed by atoms with E-state index in [0.29, 0.717) is 23.8 Å². The van der Waals surface area contributed by atoms with Crippen LogP contribution in [-0.4, -0.2) is 21.0 Å². The van der Waals surface area contributed by atoms with Crippen LogP contribution in [0.2, 0.25) is 0 Å². The first-order chi connectivity index (χ1) is 13.4. The van der Waals surface area contributed by atoms with Gasteiger partial charge < -0.3 is 14.8 Å². The van der Waals surface area contributed by atoms with E-state index in [2.05, 4.69) is 21.9 Å². The Hall–Kier alpha value is -3.41. The van der Waals surface area contributed by atoms with Gasteiger partial charge in [0.1, 0.15) is 11.6 Å². The number of aromatic nitrogens is 2. The van der Waals surface area contributed by atoms with Gasteiger partial charge in [-0.1, -0.05) is 18.2 Å². The minimum absolute atomic E-state index is 0.00401. The average molecular weight is 377 g/mol. The van der Waals surface area contributed by atoms with Gasteiger partial charge in [-0.3, -0.25) is 4.79 Å². The van der Waals surface area contributed by atoms with Crippen LogP contribution >= 0.6 is 0 Å². The summed E-state index contributed by atoms with van der Waals surface area (Å²) in [7, 11) is 0. The zero-order valence-electron chi connectivity index (χ0n) is 16.2. The SMILES string of the molecule is C=CCc1c(C)nc(-c2cc(C)c(C)o2)nc1Nc1ccc(CC(=O)O)cc1.